The van der Waals surface area contributed by atoms with Crippen molar-refractivity contribution in [3.63, 3.8) is 0 Å². The number of carbonyl (C=O) groups is 1. The molecule has 4 nitrogen and oxygen atoms in total. The van der Waals surface area contributed by atoms with Crippen molar-refractivity contribution >= 4 is 5.91 Å². The quantitative estimate of drug-likeness (QED) is 0.793. The molecule has 0 aromatic carbocycles. The highest BCUT2D eigenvalue weighted by molar-refractivity contribution is 5.78. The first-order valence-electron chi connectivity index (χ1n) is 6.61. The van der Waals surface area contributed by atoms with Gasteiger partial charge in [0.15, 0.2) is 0 Å². The Labute approximate surface area is 102 Å². The van der Waals surface area contributed by atoms with Gasteiger partial charge in [0.25, 0.3) is 0 Å². The number of amides is 1. The fourth-order valence-corrected chi connectivity index (χ4v) is 2.39. The minimum Gasteiger partial charge on any atom is -0.356 e. The zero-order valence-electron chi connectivity index (χ0n) is 10.3. The lowest BCUT2D eigenvalue weighted by atomic mass is 9.89. The standard InChI is InChI=1S/C13H21N3O/c17-13(12-6-2-1-3-7-12)14-8-4-10-16-11-5-9-15-16/h5,9,11-12H,1-4,6-8,10H2,(H,14,17). The molecule has 0 spiro atoms. The minimum atomic E-state index is 0.255. The van der Waals surface area contributed by atoms with Crippen LogP contribution in [-0.2, 0) is 11.3 Å². The Balaban J connectivity index is 1.59. The second kappa shape index (κ2) is 6.42. The molecule has 1 aliphatic rings. The molecule has 1 aromatic heterocycles. The fourth-order valence-electron chi connectivity index (χ4n) is 2.39. The van der Waals surface area contributed by atoms with Crippen molar-refractivity contribution in [1.29, 1.82) is 0 Å². The van der Waals surface area contributed by atoms with Crippen molar-refractivity contribution in [2.45, 2.75) is 45.1 Å². The number of nitrogens with zero attached hydrogens (tertiary/aromatic N) is 2. The summed E-state index contributed by atoms with van der Waals surface area (Å²) in [5, 5.41) is 7.16. The third-order valence-electron chi connectivity index (χ3n) is 3.40. The van der Waals surface area contributed by atoms with Crippen molar-refractivity contribution in [3.8, 4) is 0 Å². The molecule has 0 unspecified atom stereocenters. The van der Waals surface area contributed by atoms with Gasteiger partial charge in [-0.25, -0.2) is 0 Å². The Kier molecular flexibility index (Phi) is 4.59. The molecule has 94 valence electrons. The summed E-state index contributed by atoms with van der Waals surface area (Å²) >= 11 is 0. The fraction of sp³-hybridized carbons (Fsp3) is 0.692. The Bertz CT molecular complexity index is 328. The number of rotatable bonds is 5. The molecule has 4 heteroatoms. The molecule has 1 heterocycles. The van der Waals surface area contributed by atoms with E-state index < -0.39 is 0 Å². The summed E-state index contributed by atoms with van der Waals surface area (Å²) in [4.78, 5) is 11.8. The van der Waals surface area contributed by atoms with Gasteiger partial charge < -0.3 is 5.32 Å². The summed E-state index contributed by atoms with van der Waals surface area (Å²) < 4.78 is 1.90. The van der Waals surface area contributed by atoms with Gasteiger partial charge in [0.2, 0.25) is 5.91 Å². The van der Waals surface area contributed by atoms with E-state index in [2.05, 4.69) is 10.4 Å². The molecule has 0 bridgehead atoms. The molecule has 1 N–H and O–H groups in total. The van der Waals surface area contributed by atoms with Gasteiger partial charge in [0, 0.05) is 31.4 Å². The third-order valence-corrected chi connectivity index (χ3v) is 3.40. The second-order valence-corrected chi connectivity index (χ2v) is 4.75. The van der Waals surface area contributed by atoms with Crippen LogP contribution in [0, 0.1) is 5.92 Å². The summed E-state index contributed by atoms with van der Waals surface area (Å²) in [6, 6.07) is 1.92. The van der Waals surface area contributed by atoms with E-state index in [-0.39, 0.29) is 11.8 Å². The maximum absolute atomic E-state index is 11.8. The topological polar surface area (TPSA) is 46.9 Å². The highest BCUT2D eigenvalue weighted by Gasteiger charge is 2.20. The molecule has 1 amide bonds. The van der Waals surface area contributed by atoms with Crippen molar-refractivity contribution in [1.82, 2.24) is 15.1 Å². The Hall–Kier alpha value is -1.32. The first-order chi connectivity index (χ1) is 8.36. The molecular formula is C13H21N3O. The van der Waals surface area contributed by atoms with Crippen LogP contribution >= 0.6 is 0 Å². The lowest BCUT2D eigenvalue weighted by Gasteiger charge is -2.20. The van der Waals surface area contributed by atoms with Crippen LogP contribution in [0.2, 0.25) is 0 Å². The van der Waals surface area contributed by atoms with Gasteiger partial charge in [0.1, 0.15) is 0 Å². The Morgan fingerprint density at radius 3 is 2.88 bits per heavy atom. The van der Waals surface area contributed by atoms with Crippen LogP contribution in [-0.4, -0.2) is 22.2 Å². The zero-order valence-corrected chi connectivity index (χ0v) is 10.3. The van der Waals surface area contributed by atoms with Gasteiger partial charge in [-0.1, -0.05) is 19.3 Å². The van der Waals surface area contributed by atoms with Crippen LogP contribution in [0.25, 0.3) is 0 Å². The van der Waals surface area contributed by atoms with Gasteiger partial charge in [-0.05, 0) is 25.3 Å². The average Bonchev–Trinajstić information content (AvgIpc) is 2.88. The number of aromatic nitrogens is 2. The van der Waals surface area contributed by atoms with Crippen molar-refractivity contribution in [2.24, 2.45) is 5.92 Å². The molecule has 17 heavy (non-hydrogen) atoms. The summed E-state index contributed by atoms with van der Waals surface area (Å²) in [6.45, 7) is 1.63. The largest absolute Gasteiger partial charge is 0.356 e. The molecule has 0 atom stereocenters. The van der Waals surface area contributed by atoms with E-state index >= 15 is 0 Å². The van der Waals surface area contributed by atoms with E-state index in [1.807, 2.05) is 16.9 Å². The van der Waals surface area contributed by atoms with Crippen LogP contribution in [0.1, 0.15) is 38.5 Å². The molecule has 0 radical (unpaired) electrons. The summed E-state index contributed by atoms with van der Waals surface area (Å²) in [5.74, 6) is 0.526. The van der Waals surface area contributed by atoms with E-state index in [9.17, 15) is 4.79 Å². The molecule has 0 aliphatic heterocycles. The molecule has 0 saturated heterocycles. The predicted molar refractivity (Wildman–Crippen MR) is 66.4 cm³/mol. The zero-order chi connectivity index (χ0) is 11.9. The second-order valence-electron chi connectivity index (χ2n) is 4.75. The average molecular weight is 235 g/mol. The summed E-state index contributed by atoms with van der Waals surface area (Å²) in [7, 11) is 0. The number of carbonyl (C=O) groups excluding carboxylic acids is 1. The summed E-state index contributed by atoms with van der Waals surface area (Å²) in [5.41, 5.74) is 0. The van der Waals surface area contributed by atoms with Crippen LogP contribution in [0.15, 0.2) is 18.5 Å². The van der Waals surface area contributed by atoms with Gasteiger partial charge in [-0.15, -0.1) is 0 Å². The third kappa shape index (κ3) is 3.88. The molecule has 1 aromatic rings. The number of hydrogen-bond donors (Lipinski definition) is 1. The van der Waals surface area contributed by atoms with Crippen LogP contribution in [0.5, 0.6) is 0 Å². The van der Waals surface area contributed by atoms with E-state index in [4.69, 9.17) is 0 Å². The molecule has 1 aliphatic carbocycles. The first kappa shape index (κ1) is 12.1. The highest BCUT2D eigenvalue weighted by atomic mass is 16.1. The van der Waals surface area contributed by atoms with E-state index in [1.54, 1.807) is 6.20 Å². The summed E-state index contributed by atoms with van der Waals surface area (Å²) in [6.07, 6.45) is 10.5. The number of nitrogens with one attached hydrogen (secondary N) is 1. The monoisotopic (exact) mass is 235 g/mol. The van der Waals surface area contributed by atoms with Crippen LogP contribution in [0.3, 0.4) is 0 Å². The molecule has 2 rings (SSSR count). The molecular weight excluding hydrogens is 214 g/mol. The van der Waals surface area contributed by atoms with Crippen molar-refractivity contribution < 1.29 is 4.79 Å². The SMILES string of the molecule is O=C(NCCCn1cccn1)C1CCCCC1. The lowest BCUT2D eigenvalue weighted by Crippen LogP contribution is -2.32. The highest BCUT2D eigenvalue weighted by Crippen LogP contribution is 2.23. The van der Waals surface area contributed by atoms with Gasteiger partial charge in [0.05, 0.1) is 0 Å². The van der Waals surface area contributed by atoms with E-state index in [1.165, 1.54) is 19.3 Å². The lowest BCUT2D eigenvalue weighted by molar-refractivity contribution is -0.125. The Morgan fingerprint density at radius 2 is 2.18 bits per heavy atom. The minimum absolute atomic E-state index is 0.255. The van der Waals surface area contributed by atoms with Crippen molar-refractivity contribution in [2.75, 3.05) is 6.54 Å². The van der Waals surface area contributed by atoms with E-state index in [0.717, 1.165) is 32.4 Å². The van der Waals surface area contributed by atoms with Gasteiger partial charge >= 0.3 is 0 Å². The molecule has 1 fully saturated rings. The molecule has 1 saturated carbocycles. The first-order valence-corrected chi connectivity index (χ1v) is 6.61. The van der Waals surface area contributed by atoms with Gasteiger partial charge in [-0.3, -0.25) is 9.48 Å². The maximum atomic E-state index is 11.8. The smallest absolute Gasteiger partial charge is 0.223 e. The Morgan fingerprint density at radius 1 is 1.35 bits per heavy atom. The van der Waals surface area contributed by atoms with Crippen LogP contribution in [0.4, 0.5) is 0 Å². The predicted octanol–water partition coefficient (Wildman–Crippen LogP) is 1.97. The number of aryl methyl sites for hydroxylation is 1. The maximum Gasteiger partial charge on any atom is 0.223 e. The van der Waals surface area contributed by atoms with E-state index in [0.29, 0.717) is 0 Å². The normalized spacial score (nSPS) is 16.9. The number of hydrogen-bond acceptors (Lipinski definition) is 2. The van der Waals surface area contributed by atoms with Crippen LogP contribution < -0.4 is 5.32 Å². The van der Waals surface area contributed by atoms with Gasteiger partial charge in [-0.2, -0.15) is 5.10 Å². The van der Waals surface area contributed by atoms with Crippen molar-refractivity contribution in [3.05, 3.63) is 18.5 Å².